The summed E-state index contributed by atoms with van der Waals surface area (Å²) in [7, 11) is 0. The quantitative estimate of drug-likeness (QED) is 0.752. The monoisotopic (exact) mass is 235 g/mol. The summed E-state index contributed by atoms with van der Waals surface area (Å²) >= 11 is 0. The molecule has 87 valence electrons. The average molecular weight is 235 g/mol. The summed E-state index contributed by atoms with van der Waals surface area (Å²) in [6, 6.07) is 18.2. The van der Waals surface area contributed by atoms with Crippen LogP contribution in [0.3, 0.4) is 0 Å². The minimum atomic E-state index is 0.802. The number of ether oxygens (including phenoxy) is 1. The zero-order chi connectivity index (χ0) is 12.2. The second-order valence-electron chi connectivity index (χ2n) is 3.80. The van der Waals surface area contributed by atoms with Crippen LogP contribution in [-0.4, -0.2) is 9.97 Å². The van der Waals surface area contributed by atoms with Gasteiger partial charge >= 0.3 is 0 Å². The first-order chi connectivity index (χ1) is 8.92. The Morgan fingerprint density at radius 1 is 0.944 bits per heavy atom. The molecular weight excluding hydrogens is 224 g/mol. The van der Waals surface area contributed by atoms with Crippen LogP contribution in [-0.2, 0) is 0 Å². The van der Waals surface area contributed by atoms with E-state index in [2.05, 4.69) is 16.0 Å². The molecule has 1 N–H and O–H groups in total. The Morgan fingerprint density at radius 3 is 2.33 bits per heavy atom. The molecule has 1 aromatic heterocycles. The van der Waals surface area contributed by atoms with Crippen molar-refractivity contribution in [3.05, 3.63) is 67.0 Å². The van der Waals surface area contributed by atoms with E-state index in [0.29, 0.717) is 0 Å². The fourth-order valence-electron chi connectivity index (χ4n) is 1.68. The highest BCUT2D eigenvalue weighted by Crippen LogP contribution is 2.23. The number of aromatic nitrogens is 2. The lowest BCUT2D eigenvalue weighted by Crippen LogP contribution is -1.84. The molecule has 0 saturated heterocycles. The maximum atomic E-state index is 5.70. The molecule has 0 amide bonds. The van der Waals surface area contributed by atoms with Gasteiger partial charge in [-0.3, -0.25) is 0 Å². The highest BCUT2D eigenvalue weighted by atomic mass is 16.5. The third kappa shape index (κ3) is 2.25. The van der Waals surface area contributed by atoms with E-state index in [1.165, 1.54) is 0 Å². The molecule has 3 rings (SSSR count). The number of hydrogen-bond donors (Lipinski definition) is 1. The van der Waals surface area contributed by atoms with Crippen LogP contribution in [0.1, 0.15) is 0 Å². The molecular formula is C15H11N2O. The number of hydrogen-bond acceptors (Lipinski definition) is 2. The molecule has 3 aromatic rings. The molecule has 0 saturated carbocycles. The Balaban J connectivity index is 1.80. The topological polar surface area (TPSA) is 37.9 Å². The Bertz CT molecular complexity index is 601. The fraction of sp³-hybridized carbons (Fsp3) is 0. The summed E-state index contributed by atoms with van der Waals surface area (Å²) in [6.07, 6.45) is 3.54. The lowest BCUT2D eigenvalue weighted by Gasteiger charge is -2.05. The van der Waals surface area contributed by atoms with Gasteiger partial charge in [-0.15, -0.1) is 0 Å². The second-order valence-corrected chi connectivity index (χ2v) is 3.80. The molecule has 1 radical (unpaired) electrons. The van der Waals surface area contributed by atoms with Crippen molar-refractivity contribution in [3.8, 4) is 22.9 Å². The van der Waals surface area contributed by atoms with Crippen molar-refractivity contribution < 1.29 is 4.74 Å². The van der Waals surface area contributed by atoms with Crippen LogP contribution in [0.4, 0.5) is 0 Å². The van der Waals surface area contributed by atoms with Crippen LogP contribution in [0.25, 0.3) is 11.4 Å². The predicted octanol–water partition coefficient (Wildman–Crippen LogP) is 3.67. The second kappa shape index (κ2) is 4.75. The van der Waals surface area contributed by atoms with E-state index in [-0.39, 0.29) is 0 Å². The molecule has 0 aliphatic rings. The van der Waals surface area contributed by atoms with Gasteiger partial charge in [0.25, 0.3) is 0 Å². The van der Waals surface area contributed by atoms with Gasteiger partial charge in [0.2, 0.25) is 0 Å². The van der Waals surface area contributed by atoms with E-state index in [4.69, 9.17) is 4.74 Å². The molecule has 3 nitrogen and oxygen atoms in total. The summed E-state index contributed by atoms with van der Waals surface area (Å²) in [5, 5.41) is 0. The highest BCUT2D eigenvalue weighted by Gasteiger charge is 2.00. The van der Waals surface area contributed by atoms with Gasteiger partial charge < -0.3 is 9.72 Å². The van der Waals surface area contributed by atoms with Gasteiger partial charge in [0, 0.05) is 18.0 Å². The minimum absolute atomic E-state index is 0.802. The Kier molecular flexibility index (Phi) is 2.80. The first-order valence-corrected chi connectivity index (χ1v) is 5.65. The van der Waals surface area contributed by atoms with Crippen molar-refractivity contribution >= 4 is 0 Å². The third-order valence-corrected chi connectivity index (χ3v) is 2.55. The zero-order valence-corrected chi connectivity index (χ0v) is 9.63. The van der Waals surface area contributed by atoms with Crippen LogP contribution in [0.15, 0.2) is 60.9 Å². The number of H-pyrrole nitrogens is 1. The smallest absolute Gasteiger partial charge is 0.137 e. The number of benzene rings is 2. The maximum Gasteiger partial charge on any atom is 0.137 e. The van der Waals surface area contributed by atoms with E-state index in [1.807, 2.05) is 48.5 Å². The molecule has 3 heteroatoms. The Labute approximate surface area is 105 Å². The summed E-state index contributed by atoms with van der Waals surface area (Å²) in [5.41, 5.74) is 1.04. The molecule has 0 bridgehead atoms. The highest BCUT2D eigenvalue weighted by molar-refractivity contribution is 5.56. The summed E-state index contributed by atoms with van der Waals surface area (Å²) in [6.45, 7) is 0. The molecule has 1 heterocycles. The van der Waals surface area contributed by atoms with Gasteiger partial charge in [0.1, 0.15) is 17.3 Å². The summed E-state index contributed by atoms with van der Waals surface area (Å²) in [5.74, 6) is 2.46. The molecule has 18 heavy (non-hydrogen) atoms. The lowest BCUT2D eigenvalue weighted by molar-refractivity contribution is 0.483. The van der Waals surface area contributed by atoms with Gasteiger partial charge in [-0.1, -0.05) is 12.1 Å². The SMILES string of the molecule is [c]1ccc(Oc2ccc(-c3ncc[nH]3)cc2)cc1. The largest absolute Gasteiger partial charge is 0.457 e. The van der Waals surface area contributed by atoms with Gasteiger partial charge in [0.05, 0.1) is 0 Å². The van der Waals surface area contributed by atoms with Gasteiger partial charge in [0.15, 0.2) is 0 Å². The molecule has 0 aliphatic heterocycles. The van der Waals surface area contributed by atoms with Crippen LogP contribution >= 0.6 is 0 Å². The van der Waals surface area contributed by atoms with Crippen LogP contribution < -0.4 is 4.74 Å². The summed E-state index contributed by atoms with van der Waals surface area (Å²) < 4.78 is 5.70. The van der Waals surface area contributed by atoms with Crippen LogP contribution in [0.5, 0.6) is 11.5 Å². The predicted molar refractivity (Wildman–Crippen MR) is 69.4 cm³/mol. The standard InChI is InChI=1S/C15H11N2O/c1-2-4-13(5-3-1)18-14-8-6-12(7-9-14)15-16-10-11-17-15/h2-11H,(H,16,17). The van der Waals surface area contributed by atoms with Crippen molar-refractivity contribution in [1.82, 2.24) is 9.97 Å². The molecule has 0 spiro atoms. The van der Waals surface area contributed by atoms with Gasteiger partial charge in [-0.25, -0.2) is 4.98 Å². The van der Waals surface area contributed by atoms with E-state index >= 15 is 0 Å². The van der Waals surface area contributed by atoms with E-state index in [1.54, 1.807) is 12.4 Å². The number of nitrogens with one attached hydrogen (secondary N) is 1. The van der Waals surface area contributed by atoms with Crippen LogP contribution in [0.2, 0.25) is 0 Å². The Morgan fingerprint density at radius 2 is 1.67 bits per heavy atom. The zero-order valence-electron chi connectivity index (χ0n) is 9.63. The average Bonchev–Trinajstić information content (AvgIpc) is 2.95. The van der Waals surface area contributed by atoms with Crippen molar-refractivity contribution in [2.45, 2.75) is 0 Å². The van der Waals surface area contributed by atoms with Gasteiger partial charge in [-0.2, -0.15) is 0 Å². The molecule has 0 aliphatic carbocycles. The minimum Gasteiger partial charge on any atom is -0.457 e. The first-order valence-electron chi connectivity index (χ1n) is 5.65. The summed E-state index contributed by atoms with van der Waals surface area (Å²) in [4.78, 5) is 7.27. The van der Waals surface area contributed by atoms with Crippen molar-refractivity contribution in [3.63, 3.8) is 0 Å². The Hall–Kier alpha value is -2.55. The third-order valence-electron chi connectivity index (χ3n) is 2.55. The van der Waals surface area contributed by atoms with E-state index < -0.39 is 0 Å². The fourth-order valence-corrected chi connectivity index (χ4v) is 1.68. The van der Waals surface area contributed by atoms with Crippen molar-refractivity contribution in [1.29, 1.82) is 0 Å². The number of nitrogens with zero attached hydrogens (tertiary/aromatic N) is 1. The van der Waals surface area contributed by atoms with Crippen molar-refractivity contribution in [2.24, 2.45) is 0 Å². The molecule has 0 unspecified atom stereocenters. The number of imidazole rings is 1. The van der Waals surface area contributed by atoms with E-state index in [0.717, 1.165) is 22.9 Å². The molecule has 2 aromatic carbocycles. The van der Waals surface area contributed by atoms with Crippen molar-refractivity contribution in [2.75, 3.05) is 0 Å². The van der Waals surface area contributed by atoms with E-state index in [9.17, 15) is 0 Å². The lowest BCUT2D eigenvalue weighted by atomic mass is 10.2. The molecule has 0 fully saturated rings. The number of rotatable bonds is 3. The maximum absolute atomic E-state index is 5.70. The normalized spacial score (nSPS) is 10.2. The molecule has 0 atom stereocenters. The first kappa shape index (κ1) is 10.6. The van der Waals surface area contributed by atoms with Gasteiger partial charge in [-0.05, 0) is 42.5 Å². The van der Waals surface area contributed by atoms with Crippen LogP contribution in [0, 0.1) is 6.07 Å². The number of aromatic amines is 1.